The van der Waals surface area contributed by atoms with Crippen molar-refractivity contribution in [2.75, 3.05) is 19.0 Å². The molecule has 0 aliphatic heterocycles. The number of amides is 1. The number of methoxy groups -OCH3 is 1. The summed E-state index contributed by atoms with van der Waals surface area (Å²) in [5.41, 5.74) is 0.701. The highest BCUT2D eigenvalue weighted by Gasteiger charge is 2.11. The minimum Gasteiger partial charge on any atom is -0.375 e. The minimum absolute atomic E-state index is 0.00638. The molecule has 0 radical (unpaired) electrons. The summed E-state index contributed by atoms with van der Waals surface area (Å²) in [6.07, 6.45) is 0. The Labute approximate surface area is 117 Å². The van der Waals surface area contributed by atoms with Crippen LogP contribution in [0.2, 0.25) is 0 Å². The summed E-state index contributed by atoms with van der Waals surface area (Å²) in [6.45, 7) is -0.0631. The van der Waals surface area contributed by atoms with Crippen LogP contribution in [0.25, 0.3) is 10.6 Å². The van der Waals surface area contributed by atoms with Crippen LogP contribution in [0.1, 0.15) is 0 Å². The fourth-order valence-corrected chi connectivity index (χ4v) is 2.17. The number of rotatable bonds is 5. The number of nitrogens with zero attached hydrogens (tertiary/aromatic N) is 3. The molecule has 0 fully saturated rings. The Balaban J connectivity index is 2.12. The summed E-state index contributed by atoms with van der Waals surface area (Å²) >= 11 is 1.17. The van der Waals surface area contributed by atoms with Gasteiger partial charge in [-0.05, 0) is 12.1 Å². The van der Waals surface area contributed by atoms with Gasteiger partial charge in [0.1, 0.15) is 11.6 Å². The van der Waals surface area contributed by atoms with Crippen molar-refractivity contribution in [1.82, 2.24) is 10.2 Å². The van der Waals surface area contributed by atoms with Crippen LogP contribution in [-0.4, -0.2) is 34.7 Å². The Morgan fingerprint density at radius 2 is 2.10 bits per heavy atom. The maximum atomic E-state index is 11.3. The first kappa shape index (κ1) is 14.0. The van der Waals surface area contributed by atoms with Crippen LogP contribution in [0.5, 0.6) is 0 Å². The second-order valence-corrected chi connectivity index (χ2v) is 4.68. The molecule has 2 rings (SSSR count). The molecule has 0 bridgehead atoms. The summed E-state index contributed by atoms with van der Waals surface area (Å²) in [6, 6.07) is 5.94. The quantitative estimate of drug-likeness (QED) is 0.664. The van der Waals surface area contributed by atoms with Crippen molar-refractivity contribution in [2.45, 2.75) is 0 Å². The first-order valence-electron chi connectivity index (χ1n) is 5.47. The molecular weight excluding hydrogens is 284 g/mol. The van der Waals surface area contributed by atoms with Crippen LogP contribution in [0, 0.1) is 10.1 Å². The van der Waals surface area contributed by atoms with Gasteiger partial charge in [0.05, 0.1) is 4.92 Å². The minimum atomic E-state index is -0.472. The molecule has 0 atom stereocenters. The van der Waals surface area contributed by atoms with Crippen molar-refractivity contribution < 1.29 is 14.5 Å². The zero-order valence-corrected chi connectivity index (χ0v) is 11.2. The zero-order valence-electron chi connectivity index (χ0n) is 10.4. The summed E-state index contributed by atoms with van der Waals surface area (Å²) in [7, 11) is 1.42. The normalized spacial score (nSPS) is 10.2. The van der Waals surface area contributed by atoms with Gasteiger partial charge in [-0.15, -0.1) is 10.2 Å². The fourth-order valence-electron chi connectivity index (χ4n) is 1.40. The van der Waals surface area contributed by atoms with Crippen LogP contribution in [0.3, 0.4) is 0 Å². The van der Waals surface area contributed by atoms with E-state index in [0.717, 1.165) is 0 Å². The number of hydrogen-bond acceptors (Lipinski definition) is 7. The van der Waals surface area contributed by atoms with E-state index in [1.807, 2.05) is 0 Å². The average Bonchev–Trinajstić information content (AvgIpc) is 2.87. The van der Waals surface area contributed by atoms with Crippen LogP contribution in [0.15, 0.2) is 24.3 Å². The van der Waals surface area contributed by atoms with Gasteiger partial charge < -0.3 is 4.74 Å². The third-order valence-corrected chi connectivity index (χ3v) is 3.16. The van der Waals surface area contributed by atoms with E-state index < -0.39 is 4.92 Å². The smallest absolute Gasteiger partial charge is 0.269 e. The Kier molecular flexibility index (Phi) is 4.33. The zero-order chi connectivity index (χ0) is 14.5. The number of carbonyl (C=O) groups excluding carboxylic acids is 1. The highest BCUT2D eigenvalue weighted by molar-refractivity contribution is 7.18. The van der Waals surface area contributed by atoms with Crippen molar-refractivity contribution in [1.29, 1.82) is 0 Å². The molecule has 1 amide bonds. The number of aromatic nitrogens is 2. The molecule has 1 heterocycles. The number of nitrogens with one attached hydrogen (secondary N) is 1. The average molecular weight is 294 g/mol. The van der Waals surface area contributed by atoms with E-state index >= 15 is 0 Å². The number of non-ortho nitro benzene ring substituents is 1. The number of ether oxygens (including phenoxy) is 1. The molecule has 0 spiro atoms. The number of nitro benzene ring substituents is 1. The van der Waals surface area contributed by atoms with E-state index in [-0.39, 0.29) is 18.2 Å². The molecule has 9 heteroatoms. The number of anilines is 1. The van der Waals surface area contributed by atoms with E-state index in [1.165, 1.54) is 30.6 Å². The van der Waals surface area contributed by atoms with E-state index in [1.54, 1.807) is 12.1 Å². The van der Waals surface area contributed by atoms with Gasteiger partial charge in [-0.2, -0.15) is 0 Å². The van der Waals surface area contributed by atoms with Crippen molar-refractivity contribution in [3.8, 4) is 10.6 Å². The molecule has 1 N–H and O–H groups in total. The van der Waals surface area contributed by atoms with Gasteiger partial charge in [-0.25, -0.2) is 0 Å². The lowest BCUT2D eigenvalue weighted by Gasteiger charge is -1.97. The van der Waals surface area contributed by atoms with E-state index in [4.69, 9.17) is 0 Å². The van der Waals surface area contributed by atoms with Gasteiger partial charge in [-0.3, -0.25) is 20.2 Å². The number of nitro groups is 1. The Bertz CT molecular complexity index is 626. The first-order valence-corrected chi connectivity index (χ1v) is 6.29. The van der Waals surface area contributed by atoms with Crippen LogP contribution in [-0.2, 0) is 9.53 Å². The van der Waals surface area contributed by atoms with Gasteiger partial charge in [-0.1, -0.05) is 11.3 Å². The summed E-state index contributed by atoms with van der Waals surface area (Å²) < 4.78 is 4.68. The highest BCUT2D eigenvalue weighted by Crippen LogP contribution is 2.27. The molecule has 0 saturated carbocycles. The molecule has 0 unspecified atom stereocenters. The van der Waals surface area contributed by atoms with Gasteiger partial charge >= 0.3 is 0 Å². The molecule has 20 heavy (non-hydrogen) atoms. The van der Waals surface area contributed by atoms with Crippen molar-refractivity contribution >= 4 is 28.1 Å². The Hall–Kier alpha value is -2.39. The van der Waals surface area contributed by atoms with Crippen LogP contribution >= 0.6 is 11.3 Å². The standard InChI is InChI=1S/C11H10N4O4S/c1-19-6-9(16)12-11-14-13-10(20-11)7-2-4-8(5-3-7)15(17)18/h2-5H,6H2,1H3,(H,12,14,16). The van der Waals surface area contributed by atoms with Crippen molar-refractivity contribution in [3.63, 3.8) is 0 Å². The Morgan fingerprint density at radius 3 is 2.70 bits per heavy atom. The predicted molar refractivity (Wildman–Crippen MR) is 72.5 cm³/mol. The monoisotopic (exact) mass is 294 g/mol. The van der Waals surface area contributed by atoms with Gasteiger partial charge in [0.2, 0.25) is 5.13 Å². The molecular formula is C11H10N4O4S. The van der Waals surface area contributed by atoms with Crippen LogP contribution in [0.4, 0.5) is 10.8 Å². The number of benzene rings is 1. The second kappa shape index (κ2) is 6.17. The molecule has 8 nitrogen and oxygen atoms in total. The maximum absolute atomic E-state index is 11.3. The number of hydrogen-bond donors (Lipinski definition) is 1. The van der Waals surface area contributed by atoms with E-state index in [0.29, 0.717) is 15.7 Å². The Morgan fingerprint density at radius 1 is 1.40 bits per heavy atom. The number of carbonyl (C=O) groups is 1. The summed E-state index contributed by atoms with van der Waals surface area (Å²) in [5.74, 6) is -0.320. The fraction of sp³-hybridized carbons (Fsp3) is 0.182. The molecule has 0 aliphatic rings. The predicted octanol–water partition coefficient (Wildman–Crippen LogP) is 1.70. The van der Waals surface area contributed by atoms with Crippen molar-refractivity contribution in [3.05, 3.63) is 34.4 Å². The lowest BCUT2D eigenvalue weighted by atomic mass is 10.2. The lowest BCUT2D eigenvalue weighted by molar-refractivity contribution is -0.384. The SMILES string of the molecule is COCC(=O)Nc1nnc(-c2ccc([N+](=O)[O-])cc2)s1. The molecule has 104 valence electrons. The van der Waals surface area contributed by atoms with Gasteiger partial charge in [0.25, 0.3) is 11.6 Å². The third-order valence-electron chi connectivity index (χ3n) is 2.27. The topological polar surface area (TPSA) is 107 Å². The summed E-state index contributed by atoms with van der Waals surface area (Å²) in [5, 5.41) is 21.7. The van der Waals surface area contributed by atoms with E-state index in [9.17, 15) is 14.9 Å². The van der Waals surface area contributed by atoms with Gasteiger partial charge in [0, 0.05) is 24.8 Å². The molecule has 0 saturated heterocycles. The summed E-state index contributed by atoms with van der Waals surface area (Å²) in [4.78, 5) is 21.4. The first-order chi connectivity index (χ1) is 9.60. The van der Waals surface area contributed by atoms with Crippen molar-refractivity contribution in [2.24, 2.45) is 0 Å². The molecule has 2 aromatic rings. The molecule has 1 aromatic heterocycles. The second-order valence-electron chi connectivity index (χ2n) is 3.70. The van der Waals surface area contributed by atoms with Gasteiger partial charge in [0.15, 0.2) is 0 Å². The molecule has 1 aromatic carbocycles. The third kappa shape index (κ3) is 3.33. The highest BCUT2D eigenvalue weighted by atomic mass is 32.1. The largest absolute Gasteiger partial charge is 0.375 e. The van der Waals surface area contributed by atoms with Crippen LogP contribution < -0.4 is 5.32 Å². The maximum Gasteiger partial charge on any atom is 0.269 e. The lowest BCUT2D eigenvalue weighted by Crippen LogP contribution is -2.16. The van der Waals surface area contributed by atoms with E-state index in [2.05, 4.69) is 20.3 Å². The molecule has 0 aliphatic carbocycles.